The molecule has 1 aromatic rings. The summed E-state index contributed by atoms with van der Waals surface area (Å²) >= 11 is 11.5. The Balaban J connectivity index is 2.58. The average molecular weight is 322 g/mol. The highest BCUT2D eigenvalue weighted by Crippen LogP contribution is 2.41. The first-order valence-corrected chi connectivity index (χ1v) is 7.96. The molecule has 1 saturated carbocycles. The standard InChI is InChI=1S/C12H12Cl2O4S/c13-9-4-3-8(7-10(9)14)19(17,18)12(11(15)16)5-1-2-6-12/h3-4,7H,1-2,5-6H2,(H,15,16)/p-1. The molecule has 1 aliphatic carbocycles. The van der Waals surface area contributed by atoms with Crippen molar-refractivity contribution in [3.8, 4) is 0 Å². The van der Waals surface area contributed by atoms with Gasteiger partial charge in [0, 0.05) is 0 Å². The summed E-state index contributed by atoms with van der Waals surface area (Å²) in [4.78, 5) is 11.2. The second-order valence-electron chi connectivity index (χ2n) is 4.57. The molecule has 1 aromatic carbocycles. The molecule has 1 fully saturated rings. The van der Waals surface area contributed by atoms with Gasteiger partial charge in [-0.3, -0.25) is 0 Å². The Morgan fingerprint density at radius 1 is 1.16 bits per heavy atom. The second-order valence-corrected chi connectivity index (χ2v) is 7.64. The van der Waals surface area contributed by atoms with Crippen molar-refractivity contribution in [1.29, 1.82) is 0 Å². The fraction of sp³-hybridized carbons (Fsp3) is 0.417. The smallest absolute Gasteiger partial charge is 0.189 e. The van der Waals surface area contributed by atoms with E-state index in [1.54, 1.807) is 0 Å². The van der Waals surface area contributed by atoms with Gasteiger partial charge in [-0.1, -0.05) is 36.0 Å². The Labute approximate surface area is 121 Å². The maximum atomic E-state index is 12.5. The van der Waals surface area contributed by atoms with Gasteiger partial charge in [0.15, 0.2) is 9.84 Å². The Morgan fingerprint density at radius 3 is 2.21 bits per heavy atom. The number of hydrogen-bond donors (Lipinski definition) is 0. The Bertz CT molecular complexity index is 619. The minimum Gasteiger partial charge on any atom is -0.548 e. The lowest BCUT2D eigenvalue weighted by Crippen LogP contribution is -2.51. The molecule has 0 atom stereocenters. The first-order chi connectivity index (χ1) is 8.81. The number of carbonyl (C=O) groups is 1. The summed E-state index contributed by atoms with van der Waals surface area (Å²) in [6.07, 6.45) is 1.24. The van der Waals surface area contributed by atoms with Gasteiger partial charge in [0.1, 0.15) is 4.75 Å². The van der Waals surface area contributed by atoms with Gasteiger partial charge < -0.3 is 9.90 Å². The number of sulfone groups is 1. The topological polar surface area (TPSA) is 74.3 Å². The van der Waals surface area contributed by atoms with Crippen LogP contribution in [0.1, 0.15) is 25.7 Å². The molecule has 0 aromatic heterocycles. The normalized spacial score (nSPS) is 18.4. The molecule has 0 heterocycles. The summed E-state index contributed by atoms with van der Waals surface area (Å²) in [5, 5.41) is 11.6. The van der Waals surface area contributed by atoms with Gasteiger partial charge in [0.25, 0.3) is 0 Å². The molecule has 0 amide bonds. The number of carboxylic acid groups (broad SMARTS) is 1. The highest BCUT2D eigenvalue weighted by molar-refractivity contribution is 7.93. The Hall–Kier alpha value is -0.780. The Kier molecular flexibility index (Phi) is 3.82. The molecule has 7 heteroatoms. The maximum absolute atomic E-state index is 12.5. The molecule has 19 heavy (non-hydrogen) atoms. The van der Waals surface area contributed by atoms with Crippen molar-refractivity contribution in [2.45, 2.75) is 35.3 Å². The maximum Gasteiger partial charge on any atom is 0.189 e. The van der Waals surface area contributed by atoms with E-state index in [9.17, 15) is 18.3 Å². The lowest BCUT2D eigenvalue weighted by molar-refractivity contribution is -0.309. The SMILES string of the molecule is O=C([O-])C1(S(=O)(=O)c2ccc(Cl)c(Cl)c2)CCCC1. The van der Waals surface area contributed by atoms with Crippen LogP contribution in [-0.2, 0) is 14.6 Å². The van der Waals surface area contributed by atoms with E-state index in [0.29, 0.717) is 12.8 Å². The summed E-state index contributed by atoms with van der Waals surface area (Å²) in [5.41, 5.74) is 0. The average Bonchev–Trinajstić information content (AvgIpc) is 2.83. The zero-order valence-electron chi connectivity index (χ0n) is 9.86. The number of halogens is 2. The number of rotatable bonds is 3. The van der Waals surface area contributed by atoms with Crippen molar-refractivity contribution in [2.75, 3.05) is 0 Å². The van der Waals surface area contributed by atoms with Gasteiger partial charge in [0.05, 0.1) is 20.9 Å². The van der Waals surface area contributed by atoms with E-state index in [0.717, 1.165) is 0 Å². The van der Waals surface area contributed by atoms with E-state index in [-0.39, 0.29) is 27.8 Å². The molecule has 0 bridgehead atoms. The van der Waals surface area contributed by atoms with E-state index in [4.69, 9.17) is 23.2 Å². The van der Waals surface area contributed by atoms with Crippen molar-refractivity contribution >= 4 is 39.0 Å². The molecule has 0 aliphatic heterocycles. The van der Waals surface area contributed by atoms with Crippen LogP contribution in [0.2, 0.25) is 10.0 Å². The highest BCUT2D eigenvalue weighted by atomic mass is 35.5. The lowest BCUT2D eigenvalue weighted by Gasteiger charge is -2.29. The third-order valence-corrected chi connectivity index (χ3v) is 6.72. The van der Waals surface area contributed by atoms with E-state index in [1.807, 2.05) is 0 Å². The van der Waals surface area contributed by atoms with Crippen molar-refractivity contribution < 1.29 is 18.3 Å². The molecular formula is C12H11Cl2O4S-. The number of benzene rings is 1. The van der Waals surface area contributed by atoms with Gasteiger partial charge in [-0.15, -0.1) is 0 Å². The van der Waals surface area contributed by atoms with E-state index in [2.05, 4.69) is 0 Å². The van der Waals surface area contributed by atoms with Crippen LogP contribution in [0.15, 0.2) is 23.1 Å². The van der Waals surface area contributed by atoms with Gasteiger partial charge in [-0.05, 0) is 31.0 Å². The monoisotopic (exact) mass is 321 g/mol. The quantitative estimate of drug-likeness (QED) is 0.851. The lowest BCUT2D eigenvalue weighted by atomic mass is 10.1. The van der Waals surface area contributed by atoms with Gasteiger partial charge >= 0.3 is 0 Å². The molecule has 0 saturated heterocycles. The van der Waals surface area contributed by atoms with Crippen LogP contribution in [0.5, 0.6) is 0 Å². The van der Waals surface area contributed by atoms with Crippen LogP contribution < -0.4 is 5.11 Å². The summed E-state index contributed by atoms with van der Waals surface area (Å²) in [5.74, 6) is -1.55. The predicted octanol–water partition coefficient (Wildman–Crippen LogP) is 1.83. The highest BCUT2D eigenvalue weighted by Gasteiger charge is 2.48. The molecule has 104 valence electrons. The van der Waals surface area contributed by atoms with Crippen LogP contribution in [0.4, 0.5) is 0 Å². The molecule has 0 unspecified atom stereocenters. The van der Waals surface area contributed by atoms with Crippen molar-refractivity contribution in [1.82, 2.24) is 0 Å². The second kappa shape index (κ2) is 4.96. The minimum absolute atomic E-state index is 0.0674. The van der Waals surface area contributed by atoms with E-state index in [1.165, 1.54) is 18.2 Å². The molecule has 4 nitrogen and oxygen atoms in total. The van der Waals surface area contributed by atoms with Crippen LogP contribution in [0.3, 0.4) is 0 Å². The number of hydrogen-bond acceptors (Lipinski definition) is 4. The minimum atomic E-state index is -4.04. The fourth-order valence-corrected chi connectivity index (χ4v) is 4.78. The third-order valence-electron chi connectivity index (χ3n) is 3.50. The zero-order chi connectivity index (χ0) is 14.3. The summed E-state index contributed by atoms with van der Waals surface area (Å²) in [6.45, 7) is 0. The molecule has 0 N–H and O–H groups in total. The van der Waals surface area contributed by atoms with Gasteiger partial charge in [-0.2, -0.15) is 0 Å². The van der Waals surface area contributed by atoms with Gasteiger partial charge in [-0.25, -0.2) is 8.42 Å². The van der Waals surface area contributed by atoms with Crippen LogP contribution in [0.25, 0.3) is 0 Å². The van der Waals surface area contributed by atoms with Crippen molar-refractivity contribution in [3.63, 3.8) is 0 Å². The van der Waals surface area contributed by atoms with Gasteiger partial charge in [0.2, 0.25) is 0 Å². The number of aliphatic carboxylic acids is 1. The summed E-state index contributed by atoms with van der Waals surface area (Å²) in [7, 11) is -4.04. The van der Waals surface area contributed by atoms with Crippen molar-refractivity contribution in [3.05, 3.63) is 28.2 Å². The first-order valence-electron chi connectivity index (χ1n) is 5.72. The predicted molar refractivity (Wildman–Crippen MR) is 69.9 cm³/mol. The van der Waals surface area contributed by atoms with Crippen LogP contribution in [-0.4, -0.2) is 19.1 Å². The Morgan fingerprint density at radius 2 is 1.74 bits per heavy atom. The number of carbonyl (C=O) groups excluding carboxylic acids is 1. The molecule has 0 radical (unpaired) electrons. The first kappa shape index (κ1) is 14.6. The molecule has 2 rings (SSSR count). The summed E-state index contributed by atoms with van der Waals surface area (Å²) < 4.78 is 23.2. The zero-order valence-corrected chi connectivity index (χ0v) is 12.2. The van der Waals surface area contributed by atoms with E-state index >= 15 is 0 Å². The molecule has 1 aliphatic rings. The van der Waals surface area contributed by atoms with Crippen LogP contribution in [0, 0.1) is 0 Å². The third kappa shape index (κ3) is 2.24. The molecular weight excluding hydrogens is 311 g/mol. The van der Waals surface area contributed by atoms with Crippen molar-refractivity contribution in [2.24, 2.45) is 0 Å². The molecule has 0 spiro atoms. The number of carboxylic acids is 1. The summed E-state index contributed by atoms with van der Waals surface area (Å²) in [6, 6.07) is 3.80. The fourth-order valence-electron chi connectivity index (χ4n) is 2.40. The van der Waals surface area contributed by atoms with Crippen LogP contribution >= 0.6 is 23.2 Å². The van der Waals surface area contributed by atoms with E-state index < -0.39 is 20.6 Å². The largest absolute Gasteiger partial charge is 0.548 e.